The number of amides is 1. The van der Waals surface area contributed by atoms with Crippen LogP contribution in [0.4, 0.5) is 11.4 Å². The molecule has 0 saturated heterocycles. The first-order chi connectivity index (χ1) is 26.2. The Balaban J connectivity index is 0.000000226. The van der Waals surface area contributed by atoms with Gasteiger partial charge in [-0.1, -0.05) is 45.0 Å². The summed E-state index contributed by atoms with van der Waals surface area (Å²) in [6, 6.07) is 21.0. The number of fused-ring (bicyclic) bond motifs is 2. The Bertz CT molecular complexity index is 2610. The van der Waals surface area contributed by atoms with Gasteiger partial charge in [0.1, 0.15) is 24.1 Å². The van der Waals surface area contributed by atoms with Crippen molar-refractivity contribution >= 4 is 65.6 Å². The molecule has 17 heteroatoms. The van der Waals surface area contributed by atoms with Crippen molar-refractivity contribution in [2.75, 3.05) is 23.4 Å². The highest BCUT2D eigenvalue weighted by Crippen LogP contribution is 2.41. The van der Waals surface area contributed by atoms with Crippen LogP contribution in [0.15, 0.2) is 97.8 Å². The van der Waals surface area contributed by atoms with Gasteiger partial charge in [-0.05, 0) is 52.8 Å². The molecule has 0 radical (unpaired) electrons. The minimum Gasteiger partial charge on any atom is -0.492 e. The number of aromatic carboxylic acids is 1. The number of nitrogens with zero attached hydrogens (tertiary/aromatic N) is 4. The van der Waals surface area contributed by atoms with E-state index in [0.717, 1.165) is 27.3 Å². The number of H-pyrrole nitrogens is 1. The van der Waals surface area contributed by atoms with E-state index in [2.05, 4.69) is 35.0 Å². The minimum atomic E-state index is -3.58. The summed E-state index contributed by atoms with van der Waals surface area (Å²) in [5.41, 5.74) is 1.86. The topological polar surface area (TPSA) is 208 Å². The molecule has 4 heterocycles. The van der Waals surface area contributed by atoms with E-state index < -0.39 is 16.0 Å². The highest BCUT2D eigenvalue weighted by Gasteiger charge is 2.23. The van der Waals surface area contributed by atoms with Crippen molar-refractivity contribution in [3.8, 4) is 29.0 Å². The molecule has 7 rings (SSSR count). The predicted octanol–water partition coefficient (Wildman–Crippen LogP) is 7.86. The molecule has 0 saturated carbocycles. The highest BCUT2D eigenvalue weighted by atomic mass is 32.2. The SMILES string of the molecule is COc1c(NC(=O)c2cc3cccc(Oc4ccncn4)c3s2)cc(C(C)(C)C)cc1NS(C)(=O)=O.O=C(O)c1cc2cccc(Oc3ccncn3)c2[nH]1. The molecule has 282 valence electrons. The molecule has 0 unspecified atom stereocenters. The third-order valence-electron chi connectivity index (χ3n) is 7.82. The predicted molar refractivity (Wildman–Crippen MR) is 209 cm³/mol. The Morgan fingerprint density at radius 1 is 0.836 bits per heavy atom. The van der Waals surface area contributed by atoms with Gasteiger partial charge in [0.15, 0.2) is 11.5 Å². The summed E-state index contributed by atoms with van der Waals surface area (Å²) in [5.74, 6) is 0.727. The summed E-state index contributed by atoms with van der Waals surface area (Å²) >= 11 is 1.28. The number of ether oxygens (including phenoxy) is 3. The van der Waals surface area contributed by atoms with Gasteiger partial charge in [-0.25, -0.2) is 33.1 Å². The number of carboxylic acid groups (broad SMARTS) is 1. The second kappa shape index (κ2) is 15.8. The zero-order valence-electron chi connectivity index (χ0n) is 30.1. The zero-order valence-corrected chi connectivity index (χ0v) is 31.8. The van der Waals surface area contributed by atoms with Crippen molar-refractivity contribution in [3.63, 3.8) is 0 Å². The number of carbonyl (C=O) groups excluding carboxylic acids is 1. The molecule has 0 bridgehead atoms. The second-order valence-corrected chi connectivity index (χ2v) is 15.8. The summed E-state index contributed by atoms with van der Waals surface area (Å²) in [6.07, 6.45) is 7.00. The van der Waals surface area contributed by atoms with E-state index in [1.165, 1.54) is 31.1 Å². The van der Waals surface area contributed by atoms with Gasteiger partial charge in [-0.3, -0.25) is 9.52 Å². The van der Waals surface area contributed by atoms with Crippen LogP contribution >= 0.6 is 11.3 Å². The van der Waals surface area contributed by atoms with E-state index in [9.17, 15) is 18.0 Å². The van der Waals surface area contributed by atoms with Gasteiger partial charge in [0.05, 0.1) is 39.8 Å². The molecule has 3 aromatic carbocycles. The quantitative estimate of drug-likeness (QED) is 0.105. The highest BCUT2D eigenvalue weighted by molar-refractivity contribution is 7.92. The van der Waals surface area contributed by atoms with Crippen molar-refractivity contribution in [2.24, 2.45) is 0 Å². The first-order valence-electron chi connectivity index (χ1n) is 16.5. The lowest BCUT2D eigenvalue weighted by Gasteiger charge is -2.23. The number of aromatic nitrogens is 5. The van der Waals surface area contributed by atoms with Gasteiger partial charge in [-0.2, -0.15) is 0 Å². The molecule has 1 amide bonds. The number of anilines is 2. The number of thiophene rings is 1. The number of para-hydroxylation sites is 1. The molecule has 0 fully saturated rings. The van der Waals surface area contributed by atoms with Crippen LogP contribution in [0, 0.1) is 0 Å². The van der Waals surface area contributed by atoms with Gasteiger partial charge in [-0.15, -0.1) is 11.3 Å². The van der Waals surface area contributed by atoms with Crippen molar-refractivity contribution in [1.29, 1.82) is 0 Å². The lowest BCUT2D eigenvalue weighted by atomic mass is 9.86. The number of nitrogens with one attached hydrogen (secondary N) is 3. The largest absolute Gasteiger partial charge is 0.492 e. The van der Waals surface area contributed by atoms with Crippen molar-refractivity contribution in [1.82, 2.24) is 24.9 Å². The van der Waals surface area contributed by atoms with Crippen LogP contribution in [-0.2, 0) is 15.4 Å². The smallest absolute Gasteiger partial charge is 0.352 e. The Hall–Kier alpha value is -6.59. The molecule has 7 aromatic rings. The zero-order chi connectivity index (χ0) is 39.3. The minimum absolute atomic E-state index is 0.119. The monoisotopic (exact) mass is 781 g/mol. The number of rotatable bonds is 10. The molecule has 55 heavy (non-hydrogen) atoms. The Kier molecular flexibility index (Phi) is 11.0. The number of aromatic amines is 1. The number of carboxylic acids is 1. The number of benzene rings is 3. The maximum atomic E-state index is 13.3. The molecule has 0 aliphatic heterocycles. The molecule has 0 atom stereocenters. The fraction of sp³-hybridized carbons (Fsp3) is 0.158. The van der Waals surface area contributed by atoms with Crippen LogP contribution in [0.5, 0.6) is 29.0 Å². The average molecular weight is 782 g/mol. The van der Waals surface area contributed by atoms with Crippen LogP contribution in [0.25, 0.3) is 21.0 Å². The lowest BCUT2D eigenvalue weighted by molar-refractivity contribution is 0.0691. The lowest BCUT2D eigenvalue weighted by Crippen LogP contribution is -2.18. The third-order valence-corrected chi connectivity index (χ3v) is 9.58. The van der Waals surface area contributed by atoms with Crippen LogP contribution in [-0.4, -0.2) is 63.7 Å². The van der Waals surface area contributed by atoms with Crippen molar-refractivity contribution in [2.45, 2.75) is 26.2 Å². The summed E-state index contributed by atoms with van der Waals surface area (Å²) in [7, 11) is -2.16. The molecule has 4 N–H and O–H groups in total. The maximum Gasteiger partial charge on any atom is 0.352 e. The van der Waals surface area contributed by atoms with E-state index in [-0.39, 0.29) is 28.5 Å². The van der Waals surface area contributed by atoms with E-state index in [4.69, 9.17) is 19.3 Å². The molecule has 15 nitrogen and oxygen atoms in total. The first kappa shape index (κ1) is 38.1. The number of hydrogen-bond donors (Lipinski definition) is 4. The maximum absolute atomic E-state index is 13.3. The van der Waals surface area contributed by atoms with E-state index >= 15 is 0 Å². The van der Waals surface area contributed by atoms with E-state index in [1.807, 2.05) is 45.0 Å². The number of methoxy groups -OCH3 is 1. The number of sulfonamides is 1. The molecular formula is C38H35N7O8S2. The molecular weight excluding hydrogens is 747 g/mol. The summed E-state index contributed by atoms with van der Waals surface area (Å²) in [5, 5.41) is 13.5. The summed E-state index contributed by atoms with van der Waals surface area (Å²) in [4.78, 5) is 43.3. The van der Waals surface area contributed by atoms with E-state index in [1.54, 1.807) is 60.9 Å². The fourth-order valence-electron chi connectivity index (χ4n) is 5.29. The van der Waals surface area contributed by atoms with Crippen molar-refractivity contribution < 1.29 is 37.3 Å². The Morgan fingerprint density at radius 3 is 2.04 bits per heavy atom. The Labute approximate surface area is 319 Å². The number of hydrogen-bond acceptors (Lipinski definition) is 12. The van der Waals surface area contributed by atoms with Gasteiger partial charge in [0, 0.05) is 29.9 Å². The molecule has 0 aliphatic carbocycles. The fourth-order valence-corrected chi connectivity index (χ4v) is 6.85. The Morgan fingerprint density at radius 2 is 1.45 bits per heavy atom. The van der Waals surface area contributed by atoms with Crippen LogP contribution in [0.1, 0.15) is 46.5 Å². The van der Waals surface area contributed by atoms with Gasteiger partial charge in [0.25, 0.3) is 5.91 Å². The van der Waals surface area contributed by atoms with Gasteiger partial charge < -0.3 is 29.6 Å². The summed E-state index contributed by atoms with van der Waals surface area (Å²) in [6.45, 7) is 5.99. The second-order valence-electron chi connectivity index (χ2n) is 13.0. The first-order valence-corrected chi connectivity index (χ1v) is 19.2. The third kappa shape index (κ3) is 9.32. The van der Waals surface area contributed by atoms with Crippen LogP contribution in [0.3, 0.4) is 0 Å². The molecule has 0 spiro atoms. The molecule has 0 aliphatic rings. The molecule has 4 aromatic heterocycles. The van der Waals surface area contributed by atoms with E-state index in [0.29, 0.717) is 39.3 Å². The average Bonchev–Trinajstić information content (AvgIpc) is 3.79. The van der Waals surface area contributed by atoms with Gasteiger partial charge in [0.2, 0.25) is 21.8 Å². The normalized spacial score (nSPS) is 11.4. The number of carbonyl (C=O) groups is 2. The standard InChI is InChI=1S/C25H26N4O5S2.C13H9N3O3/c1-25(2,3)16-12-17(22(33-4)18(13-16)29-36(5,31)32)28-24(30)20-11-15-7-6-8-19(23(15)35-20)34-21-9-10-26-14-27-21;17-13(18)9-6-8-2-1-3-10(12(8)16-9)19-11-4-5-14-7-15-11/h6-14,29H,1-5H3,(H,28,30);1-7,16H,(H,17,18). The van der Waals surface area contributed by atoms with Gasteiger partial charge >= 0.3 is 5.97 Å². The van der Waals surface area contributed by atoms with Crippen molar-refractivity contribution in [3.05, 3.63) is 114 Å². The van der Waals surface area contributed by atoms with Crippen LogP contribution in [0.2, 0.25) is 0 Å². The van der Waals surface area contributed by atoms with Crippen LogP contribution < -0.4 is 24.2 Å². The summed E-state index contributed by atoms with van der Waals surface area (Å²) < 4.78 is 44.2.